The molecule has 5 nitrogen and oxygen atoms in total. The second-order valence-corrected chi connectivity index (χ2v) is 6.14. The topological polar surface area (TPSA) is 75.6 Å². The highest BCUT2D eigenvalue weighted by molar-refractivity contribution is 7.89. The first kappa shape index (κ1) is 17.6. The molecular weight excluding hydrogens is 297 g/mol. The van der Waals surface area contributed by atoms with Crippen LogP contribution in [0.25, 0.3) is 0 Å². The second kappa shape index (κ2) is 8.74. The molecule has 0 aliphatic carbocycles. The summed E-state index contributed by atoms with van der Waals surface area (Å²) in [5.41, 5.74) is 0.780. The zero-order valence-corrected chi connectivity index (χ0v) is 12.5. The van der Waals surface area contributed by atoms with Crippen LogP contribution in [0.2, 0.25) is 0 Å². The molecule has 1 aromatic carbocycles. The molecule has 0 heterocycles. The molecule has 0 unspecified atom stereocenters. The molecule has 7 heteroatoms. The second-order valence-electron chi connectivity index (χ2n) is 4.21. The summed E-state index contributed by atoms with van der Waals surface area (Å²) in [6.07, 6.45) is 0.330. The average Bonchev–Trinajstić information content (AvgIpc) is 2.46. The fraction of sp³-hybridized carbons (Fsp3) is 0.429. The molecule has 2 N–H and O–H groups in total. The Balaban J connectivity index is 2.75. The summed E-state index contributed by atoms with van der Waals surface area (Å²) in [4.78, 5) is 0. The van der Waals surface area contributed by atoms with Gasteiger partial charge in [-0.25, -0.2) is 17.5 Å². The SMILES string of the molecule is COCCS(=O)(=O)NCc1cc(C#CCCO)ccc1F. The fourth-order valence-corrected chi connectivity index (χ4v) is 2.37. The van der Waals surface area contributed by atoms with E-state index in [-0.39, 0.29) is 31.1 Å². The molecule has 0 radical (unpaired) electrons. The van der Waals surface area contributed by atoms with Gasteiger partial charge in [-0.05, 0) is 18.2 Å². The van der Waals surface area contributed by atoms with Crippen LogP contribution in [0, 0.1) is 17.7 Å². The van der Waals surface area contributed by atoms with Gasteiger partial charge in [0.25, 0.3) is 0 Å². The first-order valence-electron chi connectivity index (χ1n) is 6.33. The largest absolute Gasteiger partial charge is 0.395 e. The van der Waals surface area contributed by atoms with Gasteiger partial charge in [-0.3, -0.25) is 0 Å². The quantitative estimate of drug-likeness (QED) is 0.724. The summed E-state index contributed by atoms with van der Waals surface area (Å²) in [5.74, 6) is 4.81. The standard InChI is InChI=1S/C14H18FNO4S/c1-20-8-9-21(18,19)16-11-13-10-12(4-2-3-7-17)5-6-14(13)15/h5-6,10,16-17H,3,7-9,11H2,1H3. The molecule has 1 aromatic rings. The Morgan fingerprint density at radius 1 is 1.43 bits per heavy atom. The van der Waals surface area contributed by atoms with Gasteiger partial charge >= 0.3 is 0 Å². The van der Waals surface area contributed by atoms with Crippen molar-refractivity contribution in [3.63, 3.8) is 0 Å². The van der Waals surface area contributed by atoms with Gasteiger partial charge in [-0.1, -0.05) is 11.8 Å². The van der Waals surface area contributed by atoms with Crippen LogP contribution in [0.5, 0.6) is 0 Å². The van der Waals surface area contributed by atoms with Gasteiger partial charge in [-0.2, -0.15) is 0 Å². The third-order valence-corrected chi connectivity index (χ3v) is 3.84. The molecule has 0 aromatic heterocycles. The van der Waals surface area contributed by atoms with Crippen LogP contribution in [0.4, 0.5) is 4.39 Å². The van der Waals surface area contributed by atoms with Gasteiger partial charge in [0.05, 0.1) is 19.0 Å². The summed E-state index contributed by atoms with van der Waals surface area (Å²) < 4.78 is 43.8. The number of benzene rings is 1. The van der Waals surface area contributed by atoms with Gasteiger partial charge < -0.3 is 9.84 Å². The van der Waals surface area contributed by atoms with Crippen LogP contribution in [-0.2, 0) is 21.3 Å². The van der Waals surface area contributed by atoms with Crippen molar-refractivity contribution in [2.75, 3.05) is 26.1 Å². The Labute approximate surface area is 124 Å². The first-order chi connectivity index (χ1) is 9.98. The van der Waals surface area contributed by atoms with E-state index in [0.29, 0.717) is 12.0 Å². The highest BCUT2D eigenvalue weighted by atomic mass is 32.2. The normalized spacial score (nSPS) is 11.0. The molecular formula is C14H18FNO4S. The fourth-order valence-electron chi connectivity index (χ4n) is 1.46. The van der Waals surface area contributed by atoms with Crippen molar-refractivity contribution < 1.29 is 22.7 Å². The third kappa shape index (κ3) is 6.69. The van der Waals surface area contributed by atoms with E-state index >= 15 is 0 Å². The molecule has 0 amide bonds. The van der Waals surface area contributed by atoms with Crippen molar-refractivity contribution in [3.05, 3.63) is 35.1 Å². The Kier molecular flexibility index (Phi) is 7.32. The molecule has 0 bridgehead atoms. The van der Waals surface area contributed by atoms with Crippen molar-refractivity contribution in [2.45, 2.75) is 13.0 Å². The monoisotopic (exact) mass is 315 g/mol. The van der Waals surface area contributed by atoms with E-state index in [1.807, 2.05) is 0 Å². The van der Waals surface area contributed by atoms with E-state index < -0.39 is 15.8 Å². The van der Waals surface area contributed by atoms with E-state index in [9.17, 15) is 12.8 Å². The molecule has 116 valence electrons. The van der Waals surface area contributed by atoms with Crippen molar-refractivity contribution in [3.8, 4) is 11.8 Å². The van der Waals surface area contributed by atoms with Crippen LogP contribution in [0.15, 0.2) is 18.2 Å². The molecule has 0 saturated carbocycles. The highest BCUT2D eigenvalue weighted by Gasteiger charge is 2.11. The van der Waals surface area contributed by atoms with E-state index in [0.717, 1.165) is 0 Å². The molecule has 0 aliphatic heterocycles. The molecule has 0 fully saturated rings. The Hall–Kier alpha value is -1.46. The first-order valence-corrected chi connectivity index (χ1v) is 7.98. The third-order valence-electron chi connectivity index (χ3n) is 2.55. The minimum atomic E-state index is -3.50. The number of halogens is 1. The summed E-state index contributed by atoms with van der Waals surface area (Å²) in [7, 11) is -2.10. The summed E-state index contributed by atoms with van der Waals surface area (Å²) >= 11 is 0. The van der Waals surface area contributed by atoms with Crippen LogP contribution in [0.1, 0.15) is 17.5 Å². The molecule has 0 atom stereocenters. The summed E-state index contributed by atoms with van der Waals surface area (Å²) in [6, 6.07) is 4.23. The van der Waals surface area contributed by atoms with Gasteiger partial charge in [-0.15, -0.1) is 0 Å². The Bertz CT molecular complexity index is 620. The zero-order chi connectivity index (χ0) is 15.7. The number of rotatable bonds is 7. The highest BCUT2D eigenvalue weighted by Crippen LogP contribution is 2.10. The van der Waals surface area contributed by atoms with Gasteiger partial charge in [0.15, 0.2) is 0 Å². The van der Waals surface area contributed by atoms with Crippen LogP contribution >= 0.6 is 0 Å². The number of sulfonamides is 1. The number of aliphatic hydroxyl groups excluding tert-OH is 1. The number of hydrogen-bond acceptors (Lipinski definition) is 4. The van der Waals surface area contributed by atoms with E-state index in [1.54, 1.807) is 0 Å². The maximum absolute atomic E-state index is 13.6. The van der Waals surface area contributed by atoms with E-state index in [2.05, 4.69) is 16.6 Å². The van der Waals surface area contributed by atoms with Gasteiger partial charge in [0.1, 0.15) is 5.82 Å². The Morgan fingerprint density at radius 3 is 2.86 bits per heavy atom. The zero-order valence-electron chi connectivity index (χ0n) is 11.7. The van der Waals surface area contributed by atoms with Gasteiger partial charge in [0, 0.05) is 31.2 Å². The smallest absolute Gasteiger partial charge is 0.214 e. The molecule has 1 rings (SSSR count). The van der Waals surface area contributed by atoms with E-state index in [1.165, 1.54) is 25.3 Å². The van der Waals surface area contributed by atoms with Crippen molar-refractivity contribution >= 4 is 10.0 Å². The minimum absolute atomic E-state index is 0.0413. The van der Waals surface area contributed by atoms with Crippen LogP contribution < -0.4 is 4.72 Å². The molecule has 0 spiro atoms. The van der Waals surface area contributed by atoms with Crippen LogP contribution in [-0.4, -0.2) is 39.6 Å². The molecule has 0 saturated heterocycles. The molecule has 0 aliphatic rings. The van der Waals surface area contributed by atoms with Crippen molar-refractivity contribution in [1.29, 1.82) is 0 Å². The molecule has 21 heavy (non-hydrogen) atoms. The number of nitrogens with one attached hydrogen (secondary N) is 1. The summed E-state index contributed by atoms with van der Waals surface area (Å²) in [5, 5.41) is 8.64. The Morgan fingerprint density at radius 2 is 2.19 bits per heavy atom. The number of ether oxygens (including phenoxy) is 1. The van der Waals surface area contributed by atoms with Gasteiger partial charge in [0.2, 0.25) is 10.0 Å². The predicted octanol–water partition coefficient (Wildman–Crippen LogP) is 0.625. The van der Waals surface area contributed by atoms with Crippen LogP contribution in [0.3, 0.4) is 0 Å². The minimum Gasteiger partial charge on any atom is -0.395 e. The lowest BCUT2D eigenvalue weighted by molar-refractivity contribution is 0.217. The maximum Gasteiger partial charge on any atom is 0.214 e. The lowest BCUT2D eigenvalue weighted by Crippen LogP contribution is -2.28. The number of hydrogen-bond donors (Lipinski definition) is 2. The average molecular weight is 315 g/mol. The summed E-state index contributed by atoms with van der Waals surface area (Å²) in [6.45, 7) is -0.113. The lowest BCUT2D eigenvalue weighted by atomic mass is 10.1. The number of methoxy groups -OCH3 is 1. The maximum atomic E-state index is 13.6. The van der Waals surface area contributed by atoms with E-state index in [4.69, 9.17) is 9.84 Å². The predicted molar refractivity (Wildman–Crippen MR) is 77.5 cm³/mol. The van der Waals surface area contributed by atoms with Crippen molar-refractivity contribution in [1.82, 2.24) is 4.72 Å². The lowest BCUT2D eigenvalue weighted by Gasteiger charge is -2.07. The van der Waals surface area contributed by atoms with Crippen molar-refractivity contribution in [2.24, 2.45) is 0 Å². The number of aliphatic hydroxyl groups is 1.